The first kappa shape index (κ1) is 91.1. The minimum atomic E-state index is -2.55. The zero-order chi connectivity index (χ0) is 81.8. The van der Waals surface area contributed by atoms with Crippen molar-refractivity contribution in [1.29, 1.82) is 0 Å². The Balaban J connectivity index is 1.05. The average molecular weight is 1630 g/mol. The summed E-state index contributed by atoms with van der Waals surface area (Å²) in [5.41, 5.74) is 0. The maximum Gasteiger partial charge on any atom is 0.217 e. The van der Waals surface area contributed by atoms with Crippen molar-refractivity contribution in [1.82, 2.24) is 21.3 Å². The highest BCUT2D eigenvalue weighted by molar-refractivity contribution is 5.74. The third-order valence-electron chi connectivity index (χ3n) is 20.3. The van der Waals surface area contributed by atoms with E-state index in [1.165, 1.54) is 6.92 Å². The Bertz CT molecular complexity index is 2950. The smallest absolute Gasteiger partial charge is 0.217 e. The van der Waals surface area contributed by atoms with Crippen LogP contribution in [-0.4, -0.2) is 475 Å². The molecule has 9 aliphatic rings. The second kappa shape index (κ2) is 39.7. The van der Waals surface area contributed by atoms with Crippen LogP contribution in [0.1, 0.15) is 34.6 Å². The van der Waals surface area contributed by atoms with E-state index in [0.717, 1.165) is 27.7 Å². The topological polar surface area (TPSA) is 759 Å². The Morgan fingerprint density at radius 1 is 0.252 bits per heavy atom. The summed E-state index contributed by atoms with van der Waals surface area (Å²) in [6.07, 6.45) is -83.2. The number of aliphatic hydroxyl groups is 24. The van der Waals surface area contributed by atoms with Gasteiger partial charge in [0.1, 0.15) is 213 Å². The van der Waals surface area contributed by atoms with Gasteiger partial charge >= 0.3 is 0 Å². The lowest BCUT2D eigenvalue weighted by Crippen LogP contribution is -2.71. The number of ether oxygens (including phenoxy) is 17. The van der Waals surface area contributed by atoms with Gasteiger partial charge in [0.25, 0.3) is 0 Å². The number of rotatable bonds is 28. The van der Waals surface area contributed by atoms with Crippen LogP contribution in [0.2, 0.25) is 0 Å². The number of hydrogen-bond acceptors (Lipinski definition) is 45. The van der Waals surface area contributed by atoms with Crippen molar-refractivity contribution in [2.45, 2.75) is 311 Å². The van der Waals surface area contributed by atoms with Crippen LogP contribution < -0.4 is 21.3 Å². The highest BCUT2D eigenvalue weighted by atomic mass is 16.8. The fraction of sp³-hybridized carbons (Fsp3) is 0.935. The quantitative estimate of drug-likeness (QED) is 0.0346. The van der Waals surface area contributed by atoms with Crippen molar-refractivity contribution in [3.63, 3.8) is 0 Å². The molecule has 111 heavy (non-hydrogen) atoms. The standard InChI is InChI=1S/C62H104N4O45/c1-14-31(77)41(87)45(91)58(97-14)95-13-26-50(38(84)27(54(94)98-26)63-15(2)73)106-56-29(65-17(4)75)39(85)49(24(11-72)103-56)108-60-47(93)51(109-62-53(44(90)35(81)22(9-70)102-62)111-55-28(64-16(3)74)37(83)32(78)19(6-67)99-55)36(82)25(105-60)12-96-61-52(43(89)34(80)21(8-69)101-61)110-57-30(66-18(5)76)40(86)48(23(10-71)104-57)107-59-46(92)42(88)33(79)20(7-68)100-59/h14,19-62,67-72,77-94H,6-13H2,1-5H3,(H,63,73)(H,64,74)(H,65,75)(H,66,76)/t14-,19+,20+,21+,22+,23+,24+,25+,26+,27+,28+,29+,30+,31+,32+,33-,34+,35+,36+,37+,38+,39+,40+,41+,42-,43-,44-,45-,46+,47-,48+,49+,50+,51-,52-,53-,54+,55-,56-,57+,58-,59+,60+,61-,62+/m0/s1. The van der Waals surface area contributed by atoms with Crippen molar-refractivity contribution in [3.8, 4) is 0 Å². The molecule has 9 rings (SSSR count). The van der Waals surface area contributed by atoms with Crippen molar-refractivity contribution in [3.05, 3.63) is 0 Å². The van der Waals surface area contributed by atoms with Crippen molar-refractivity contribution in [2.24, 2.45) is 0 Å². The van der Waals surface area contributed by atoms with E-state index in [9.17, 15) is 142 Å². The summed E-state index contributed by atoms with van der Waals surface area (Å²) in [4.78, 5) is 50.9. The average Bonchev–Trinajstić information content (AvgIpc) is 0.774. The molecule has 9 heterocycles. The molecule has 9 fully saturated rings. The largest absolute Gasteiger partial charge is 0.394 e. The SMILES string of the molecule is CC(=O)N[C@@H]1[C@@H](O)[C@H](O[C@@H]2O[C@H](CO)[C@@H](O[C@H]3O[C@H](CO[C@H]4O[C@H](CO)[C@@H](O)[C@H](O)[C@@H]4O[C@H]4O[C@H](CO)[C@@H](O[C@H]5O[C@H](CO)[C@H](O)[C@H](O)[C@H]5O)[C@H](O)[C@H]4NC(C)=O)[C@@H](O)[C@H](O[C@H]4O[C@H](CO)[C@@H](O)[C@H](O)[C@@H]4O[C@@H]4O[C@H](CO)[C@@H](O)[C@H](O)[C@H]4NC(C)=O)[C@@H]3O)[C@H](O)[C@H]2NC(C)=O)[C@@H](CO[C@H]2O[C@@H](C)[C@@H](O)[C@@H](O)[C@@H]2O)O[C@H]1O. The van der Waals surface area contributed by atoms with Crippen LogP contribution in [0.15, 0.2) is 0 Å². The molecule has 0 unspecified atom stereocenters. The Hall–Kier alpha value is -3.76. The highest BCUT2D eigenvalue weighted by Crippen LogP contribution is 2.40. The first-order valence-corrected chi connectivity index (χ1v) is 35.5. The number of aliphatic hydroxyl groups excluding tert-OH is 24. The monoisotopic (exact) mass is 1620 g/mol. The Morgan fingerprint density at radius 2 is 0.559 bits per heavy atom. The van der Waals surface area contributed by atoms with E-state index in [2.05, 4.69) is 21.3 Å². The molecule has 9 aliphatic heterocycles. The van der Waals surface area contributed by atoms with Crippen molar-refractivity contribution < 1.29 is 222 Å². The van der Waals surface area contributed by atoms with Crippen molar-refractivity contribution >= 4 is 23.6 Å². The van der Waals surface area contributed by atoms with Crippen LogP contribution in [-0.2, 0) is 99.7 Å². The first-order valence-electron chi connectivity index (χ1n) is 35.5. The van der Waals surface area contributed by atoms with Gasteiger partial charge in [-0.2, -0.15) is 0 Å². The van der Waals surface area contributed by atoms with E-state index in [0.29, 0.717) is 0 Å². The Morgan fingerprint density at radius 3 is 1.03 bits per heavy atom. The molecule has 49 nitrogen and oxygen atoms in total. The van der Waals surface area contributed by atoms with Gasteiger partial charge in [0.2, 0.25) is 23.6 Å². The minimum absolute atomic E-state index is 0.827. The van der Waals surface area contributed by atoms with Gasteiger partial charge in [-0.1, -0.05) is 0 Å². The molecule has 4 amide bonds. The zero-order valence-corrected chi connectivity index (χ0v) is 59.9. The molecule has 0 aromatic heterocycles. The summed E-state index contributed by atoms with van der Waals surface area (Å²) in [6.45, 7) is -3.36. The minimum Gasteiger partial charge on any atom is -0.394 e. The van der Waals surface area contributed by atoms with Gasteiger partial charge in [-0.05, 0) is 6.92 Å². The summed E-state index contributed by atoms with van der Waals surface area (Å²) >= 11 is 0. The predicted octanol–water partition coefficient (Wildman–Crippen LogP) is -19.0. The van der Waals surface area contributed by atoms with Crippen LogP contribution in [0.4, 0.5) is 0 Å². The Kier molecular flexibility index (Phi) is 32.6. The zero-order valence-electron chi connectivity index (χ0n) is 59.9. The van der Waals surface area contributed by atoms with Gasteiger partial charge < -0.3 is 224 Å². The summed E-state index contributed by atoms with van der Waals surface area (Å²) in [5, 5.41) is 276. The second-order valence-corrected chi connectivity index (χ2v) is 28.2. The molecule has 0 bridgehead atoms. The number of carbonyl (C=O) groups is 4. The lowest BCUT2D eigenvalue weighted by Gasteiger charge is -2.51. The second-order valence-electron chi connectivity index (χ2n) is 28.2. The molecule has 9 saturated heterocycles. The lowest BCUT2D eigenvalue weighted by molar-refractivity contribution is -0.396. The van der Waals surface area contributed by atoms with E-state index >= 15 is 0 Å². The fourth-order valence-electron chi connectivity index (χ4n) is 14.3. The van der Waals surface area contributed by atoms with Gasteiger partial charge in [0.15, 0.2) is 56.6 Å². The van der Waals surface area contributed by atoms with Gasteiger partial charge in [-0.3, -0.25) is 19.2 Å². The van der Waals surface area contributed by atoms with Crippen LogP contribution >= 0.6 is 0 Å². The highest BCUT2D eigenvalue weighted by Gasteiger charge is 2.61. The number of hydrogen-bond donors (Lipinski definition) is 28. The van der Waals surface area contributed by atoms with Gasteiger partial charge in [0.05, 0.1) is 59.0 Å². The molecule has 0 radical (unpaired) electrons. The molecule has 0 aliphatic carbocycles. The fourth-order valence-corrected chi connectivity index (χ4v) is 14.3. The maximum atomic E-state index is 13.2. The number of carbonyl (C=O) groups excluding carboxylic acids is 4. The van der Waals surface area contributed by atoms with Crippen LogP contribution in [0.5, 0.6) is 0 Å². The van der Waals surface area contributed by atoms with Crippen molar-refractivity contribution in [2.75, 3.05) is 52.9 Å². The lowest BCUT2D eigenvalue weighted by atomic mass is 9.93. The molecule has 28 N–H and O–H groups in total. The molecule has 0 spiro atoms. The van der Waals surface area contributed by atoms with E-state index in [4.69, 9.17) is 80.5 Å². The molecule has 0 saturated carbocycles. The van der Waals surface area contributed by atoms with Gasteiger partial charge in [0, 0.05) is 27.7 Å². The number of amides is 4. The van der Waals surface area contributed by atoms with E-state index in [1.807, 2.05) is 0 Å². The molecular weight excluding hydrogens is 1520 g/mol. The first-order chi connectivity index (χ1) is 52.4. The molecule has 0 aromatic carbocycles. The van der Waals surface area contributed by atoms with Crippen LogP contribution in [0.3, 0.4) is 0 Å². The third-order valence-corrected chi connectivity index (χ3v) is 20.3. The summed E-state index contributed by atoms with van der Waals surface area (Å²) < 4.78 is 101. The summed E-state index contributed by atoms with van der Waals surface area (Å²) in [6, 6.07) is -7.39. The number of nitrogens with one attached hydrogen (secondary N) is 4. The molecule has 49 heteroatoms. The van der Waals surface area contributed by atoms with Crippen LogP contribution in [0, 0.1) is 0 Å². The molecule has 0 aromatic rings. The summed E-state index contributed by atoms with van der Waals surface area (Å²) in [5.74, 6) is -3.59. The maximum absolute atomic E-state index is 13.2. The Labute approximate surface area is 629 Å². The normalized spacial score (nSPS) is 49.3. The van der Waals surface area contributed by atoms with E-state index in [-0.39, 0.29) is 0 Å². The van der Waals surface area contributed by atoms with Gasteiger partial charge in [-0.25, -0.2) is 0 Å². The molecule has 45 atom stereocenters. The van der Waals surface area contributed by atoms with E-state index < -0.39 is 353 Å². The van der Waals surface area contributed by atoms with Crippen LogP contribution in [0.25, 0.3) is 0 Å². The predicted molar refractivity (Wildman–Crippen MR) is 342 cm³/mol. The summed E-state index contributed by atoms with van der Waals surface area (Å²) in [7, 11) is 0. The molecule has 642 valence electrons. The van der Waals surface area contributed by atoms with E-state index in [1.54, 1.807) is 0 Å². The third kappa shape index (κ3) is 20.3. The molecular formula is C62H104N4O45. The van der Waals surface area contributed by atoms with Gasteiger partial charge in [-0.15, -0.1) is 0 Å².